The molecule has 0 saturated carbocycles. The van der Waals surface area contributed by atoms with Gasteiger partial charge < -0.3 is 10.5 Å². The number of halogens is 3. The normalized spacial score (nSPS) is 12.3. The molecular weight excluding hydrogens is 333 g/mol. The van der Waals surface area contributed by atoms with Gasteiger partial charge >= 0.3 is 0 Å². The van der Waals surface area contributed by atoms with E-state index in [9.17, 15) is 4.39 Å². The Morgan fingerprint density at radius 1 is 1.32 bits per heavy atom. The molecule has 5 heteroatoms. The van der Waals surface area contributed by atoms with Crippen LogP contribution in [0.25, 0.3) is 0 Å². The van der Waals surface area contributed by atoms with Gasteiger partial charge in [0.25, 0.3) is 0 Å². The molecule has 0 radical (unpaired) electrons. The summed E-state index contributed by atoms with van der Waals surface area (Å²) in [4.78, 5) is 0. The molecule has 0 bridgehead atoms. The highest BCUT2D eigenvalue weighted by Crippen LogP contribution is 2.37. The van der Waals surface area contributed by atoms with E-state index < -0.39 is 6.04 Å². The molecule has 0 amide bonds. The molecule has 0 fully saturated rings. The molecule has 0 aliphatic carbocycles. The average molecular weight is 345 g/mol. The van der Waals surface area contributed by atoms with Gasteiger partial charge in [-0.05, 0) is 45.8 Å². The number of benzene rings is 2. The van der Waals surface area contributed by atoms with E-state index in [-0.39, 0.29) is 5.82 Å². The second kappa shape index (κ2) is 5.90. The van der Waals surface area contributed by atoms with Crippen LogP contribution >= 0.6 is 27.5 Å². The van der Waals surface area contributed by atoms with E-state index in [1.165, 1.54) is 12.1 Å². The molecule has 0 heterocycles. The molecule has 0 saturated heterocycles. The van der Waals surface area contributed by atoms with Gasteiger partial charge in [0.05, 0.1) is 17.6 Å². The third-order valence-electron chi connectivity index (χ3n) is 2.78. The van der Waals surface area contributed by atoms with Crippen molar-refractivity contribution < 1.29 is 9.13 Å². The maximum absolute atomic E-state index is 13.3. The Kier molecular flexibility index (Phi) is 4.45. The Hall–Kier alpha value is -1.10. The minimum atomic E-state index is -0.513. The first-order chi connectivity index (χ1) is 9.02. The van der Waals surface area contributed by atoms with Crippen LogP contribution in [0.3, 0.4) is 0 Å². The monoisotopic (exact) mass is 343 g/mol. The smallest absolute Gasteiger partial charge is 0.138 e. The van der Waals surface area contributed by atoms with Crippen LogP contribution in [0.1, 0.15) is 17.2 Å². The van der Waals surface area contributed by atoms with Crippen LogP contribution in [0.4, 0.5) is 4.39 Å². The highest BCUT2D eigenvalue weighted by Gasteiger charge is 2.17. The zero-order valence-electron chi connectivity index (χ0n) is 10.2. The van der Waals surface area contributed by atoms with Gasteiger partial charge in [-0.2, -0.15) is 0 Å². The van der Waals surface area contributed by atoms with Gasteiger partial charge in [-0.25, -0.2) is 4.39 Å². The maximum Gasteiger partial charge on any atom is 0.138 e. The zero-order valence-corrected chi connectivity index (χ0v) is 12.5. The lowest BCUT2D eigenvalue weighted by atomic mass is 9.98. The van der Waals surface area contributed by atoms with Gasteiger partial charge in [0.1, 0.15) is 11.6 Å². The molecule has 0 aromatic heterocycles. The molecule has 0 aliphatic heterocycles. The summed E-state index contributed by atoms with van der Waals surface area (Å²) in [6.07, 6.45) is 0. The van der Waals surface area contributed by atoms with Gasteiger partial charge in [-0.1, -0.05) is 23.7 Å². The van der Waals surface area contributed by atoms with E-state index in [1.807, 2.05) is 0 Å². The Balaban J connectivity index is 2.52. The van der Waals surface area contributed by atoms with Crippen molar-refractivity contribution in [2.45, 2.75) is 6.04 Å². The topological polar surface area (TPSA) is 35.2 Å². The third kappa shape index (κ3) is 3.08. The molecule has 0 spiro atoms. The minimum Gasteiger partial charge on any atom is -0.495 e. The number of rotatable bonds is 3. The summed E-state index contributed by atoms with van der Waals surface area (Å²) in [5.74, 6) is 0.272. The lowest BCUT2D eigenvalue weighted by Gasteiger charge is -2.18. The van der Waals surface area contributed by atoms with Crippen molar-refractivity contribution >= 4 is 27.5 Å². The number of hydrogen-bond donors (Lipinski definition) is 1. The molecule has 2 N–H and O–H groups in total. The lowest BCUT2D eigenvalue weighted by Crippen LogP contribution is -2.13. The Bertz CT molecular complexity index is 606. The first kappa shape index (κ1) is 14.3. The molecule has 19 heavy (non-hydrogen) atoms. The summed E-state index contributed by atoms with van der Waals surface area (Å²) in [7, 11) is 1.55. The minimum absolute atomic E-state index is 0.326. The van der Waals surface area contributed by atoms with E-state index in [1.54, 1.807) is 31.4 Å². The van der Waals surface area contributed by atoms with Crippen molar-refractivity contribution in [3.8, 4) is 5.75 Å². The second-order valence-electron chi connectivity index (χ2n) is 4.04. The fourth-order valence-electron chi connectivity index (χ4n) is 1.91. The van der Waals surface area contributed by atoms with Crippen LogP contribution in [0.2, 0.25) is 5.02 Å². The van der Waals surface area contributed by atoms with Crippen molar-refractivity contribution in [1.29, 1.82) is 0 Å². The van der Waals surface area contributed by atoms with E-state index >= 15 is 0 Å². The van der Waals surface area contributed by atoms with Crippen LogP contribution in [0, 0.1) is 5.82 Å². The fraction of sp³-hybridized carbons (Fsp3) is 0.143. The summed E-state index contributed by atoms with van der Waals surface area (Å²) in [6.45, 7) is 0. The summed E-state index contributed by atoms with van der Waals surface area (Å²) in [5, 5.41) is 0.537. The van der Waals surface area contributed by atoms with Crippen LogP contribution in [-0.2, 0) is 0 Å². The molecule has 2 aromatic rings. The van der Waals surface area contributed by atoms with Crippen molar-refractivity contribution in [2.75, 3.05) is 7.11 Å². The Morgan fingerprint density at radius 3 is 2.68 bits per heavy atom. The van der Waals surface area contributed by atoms with Gasteiger partial charge in [0, 0.05) is 10.6 Å². The van der Waals surface area contributed by atoms with Crippen molar-refractivity contribution in [3.63, 3.8) is 0 Å². The van der Waals surface area contributed by atoms with E-state index in [0.29, 0.717) is 26.4 Å². The SMILES string of the molecule is COc1c(Br)cc(Cl)cc1C(N)c1cccc(F)c1. The summed E-state index contributed by atoms with van der Waals surface area (Å²) >= 11 is 9.40. The first-order valence-corrected chi connectivity index (χ1v) is 6.74. The summed E-state index contributed by atoms with van der Waals surface area (Å²) < 4.78 is 19.3. The van der Waals surface area contributed by atoms with Crippen LogP contribution < -0.4 is 10.5 Å². The lowest BCUT2D eigenvalue weighted by molar-refractivity contribution is 0.405. The zero-order chi connectivity index (χ0) is 14.0. The second-order valence-corrected chi connectivity index (χ2v) is 5.33. The standard InChI is InChI=1S/C14H12BrClFNO/c1-19-14-11(6-9(16)7-12(14)15)13(18)8-3-2-4-10(17)5-8/h2-7,13H,18H2,1H3. The van der Waals surface area contributed by atoms with E-state index in [2.05, 4.69) is 15.9 Å². The molecule has 0 aliphatic rings. The van der Waals surface area contributed by atoms with Gasteiger partial charge in [-0.15, -0.1) is 0 Å². The van der Waals surface area contributed by atoms with Gasteiger partial charge in [-0.3, -0.25) is 0 Å². The van der Waals surface area contributed by atoms with Crippen LogP contribution in [0.15, 0.2) is 40.9 Å². The van der Waals surface area contributed by atoms with Crippen LogP contribution in [0.5, 0.6) is 5.75 Å². The molecule has 2 nitrogen and oxygen atoms in total. The summed E-state index contributed by atoms with van der Waals surface area (Å²) in [6, 6.07) is 9.10. The van der Waals surface area contributed by atoms with E-state index in [0.717, 1.165) is 0 Å². The third-order valence-corrected chi connectivity index (χ3v) is 3.59. The predicted octanol–water partition coefficient (Wildman–Crippen LogP) is 4.30. The van der Waals surface area contributed by atoms with Gasteiger partial charge in [0.2, 0.25) is 0 Å². The van der Waals surface area contributed by atoms with Crippen molar-refractivity contribution in [1.82, 2.24) is 0 Å². The highest BCUT2D eigenvalue weighted by molar-refractivity contribution is 9.10. The molecule has 1 atom stereocenters. The summed E-state index contributed by atoms with van der Waals surface area (Å²) in [5.41, 5.74) is 7.53. The van der Waals surface area contributed by atoms with E-state index in [4.69, 9.17) is 22.1 Å². The molecule has 2 aromatic carbocycles. The molecule has 100 valence electrons. The first-order valence-electron chi connectivity index (χ1n) is 5.57. The quantitative estimate of drug-likeness (QED) is 0.901. The Labute approximate surface area is 124 Å². The number of methoxy groups -OCH3 is 1. The Morgan fingerprint density at radius 2 is 2.05 bits per heavy atom. The number of ether oxygens (including phenoxy) is 1. The average Bonchev–Trinajstić information content (AvgIpc) is 2.37. The molecule has 1 unspecified atom stereocenters. The number of nitrogens with two attached hydrogens (primary N) is 1. The van der Waals surface area contributed by atoms with Crippen molar-refractivity contribution in [2.24, 2.45) is 5.73 Å². The number of hydrogen-bond acceptors (Lipinski definition) is 2. The van der Waals surface area contributed by atoms with Crippen molar-refractivity contribution in [3.05, 3.63) is 62.8 Å². The maximum atomic E-state index is 13.3. The van der Waals surface area contributed by atoms with Crippen LogP contribution in [-0.4, -0.2) is 7.11 Å². The largest absolute Gasteiger partial charge is 0.495 e. The van der Waals surface area contributed by atoms with Gasteiger partial charge in [0.15, 0.2) is 0 Å². The fourth-order valence-corrected chi connectivity index (χ4v) is 2.90. The molecular formula is C14H12BrClFNO. The molecule has 2 rings (SSSR count). The predicted molar refractivity (Wildman–Crippen MR) is 78.1 cm³/mol. The highest BCUT2D eigenvalue weighted by atomic mass is 79.9.